The van der Waals surface area contributed by atoms with Crippen LogP contribution in [0.25, 0.3) is 6.08 Å². The Bertz CT molecular complexity index is 1240. The summed E-state index contributed by atoms with van der Waals surface area (Å²) >= 11 is 1.24. The number of benzene rings is 3. The molecule has 166 valence electrons. The summed E-state index contributed by atoms with van der Waals surface area (Å²) in [6.45, 7) is 0. The summed E-state index contributed by atoms with van der Waals surface area (Å²) in [5.41, 5.74) is 1.86. The SMILES string of the molecule is COc1ccc(N=C2NC(=O)C(=Cc3ccc(OC(=O)c4ccccc4)c(OC)c3)S2)cc1. The molecule has 0 radical (unpaired) electrons. The first-order chi connectivity index (χ1) is 16.1. The molecule has 33 heavy (non-hydrogen) atoms. The molecule has 3 aromatic carbocycles. The van der Waals surface area contributed by atoms with Gasteiger partial charge >= 0.3 is 5.97 Å². The molecule has 0 aromatic heterocycles. The second-order valence-electron chi connectivity index (χ2n) is 6.85. The van der Waals surface area contributed by atoms with Gasteiger partial charge in [0.15, 0.2) is 16.7 Å². The molecule has 4 rings (SSSR count). The van der Waals surface area contributed by atoms with E-state index in [1.807, 2.05) is 6.07 Å². The highest BCUT2D eigenvalue weighted by atomic mass is 32.2. The van der Waals surface area contributed by atoms with Crippen LogP contribution in [0.5, 0.6) is 17.2 Å². The average Bonchev–Trinajstić information content (AvgIpc) is 3.19. The van der Waals surface area contributed by atoms with Gasteiger partial charge in [0.1, 0.15) is 5.75 Å². The largest absolute Gasteiger partial charge is 0.497 e. The Morgan fingerprint density at radius 1 is 0.939 bits per heavy atom. The van der Waals surface area contributed by atoms with E-state index in [0.717, 1.165) is 11.3 Å². The van der Waals surface area contributed by atoms with Crippen LogP contribution in [-0.2, 0) is 4.79 Å². The average molecular weight is 461 g/mol. The van der Waals surface area contributed by atoms with Gasteiger partial charge in [0, 0.05) is 0 Å². The predicted octanol–water partition coefficient (Wildman–Crippen LogP) is 4.81. The summed E-state index contributed by atoms with van der Waals surface area (Å²) < 4.78 is 16.0. The highest BCUT2D eigenvalue weighted by Crippen LogP contribution is 2.33. The van der Waals surface area contributed by atoms with Gasteiger partial charge in [-0.1, -0.05) is 24.3 Å². The normalized spacial score (nSPS) is 15.4. The van der Waals surface area contributed by atoms with Crippen molar-refractivity contribution < 1.29 is 23.8 Å². The van der Waals surface area contributed by atoms with Gasteiger partial charge in [0.2, 0.25) is 0 Å². The number of hydrogen-bond acceptors (Lipinski definition) is 7. The van der Waals surface area contributed by atoms with Gasteiger partial charge in [-0.25, -0.2) is 9.79 Å². The summed E-state index contributed by atoms with van der Waals surface area (Å²) in [4.78, 5) is 29.7. The number of methoxy groups -OCH3 is 2. The van der Waals surface area contributed by atoms with E-state index in [0.29, 0.717) is 32.8 Å². The first-order valence-electron chi connectivity index (χ1n) is 9.94. The third kappa shape index (κ3) is 5.42. The maximum atomic E-state index is 12.4. The molecular weight excluding hydrogens is 440 g/mol. The van der Waals surface area contributed by atoms with E-state index in [1.165, 1.54) is 18.9 Å². The fraction of sp³-hybridized carbons (Fsp3) is 0.0800. The van der Waals surface area contributed by atoms with Gasteiger partial charge in [-0.3, -0.25) is 4.79 Å². The molecule has 1 aliphatic rings. The molecule has 0 atom stereocenters. The smallest absolute Gasteiger partial charge is 0.343 e. The number of hydrogen-bond donors (Lipinski definition) is 1. The number of thioether (sulfide) groups is 1. The molecule has 1 aliphatic heterocycles. The Hall–Kier alpha value is -4.04. The van der Waals surface area contributed by atoms with Crippen LogP contribution in [0.1, 0.15) is 15.9 Å². The summed E-state index contributed by atoms with van der Waals surface area (Å²) in [7, 11) is 3.09. The van der Waals surface area contributed by atoms with Crippen LogP contribution in [0.3, 0.4) is 0 Å². The molecular formula is C25H20N2O5S. The molecule has 0 aliphatic carbocycles. The minimum atomic E-state index is -0.481. The van der Waals surface area contributed by atoms with Crippen molar-refractivity contribution in [3.8, 4) is 17.2 Å². The van der Waals surface area contributed by atoms with Crippen LogP contribution in [0.15, 0.2) is 82.7 Å². The van der Waals surface area contributed by atoms with E-state index in [4.69, 9.17) is 14.2 Å². The van der Waals surface area contributed by atoms with Crippen molar-refractivity contribution in [1.29, 1.82) is 0 Å². The van der Waals surface area contributed by atoms with Gasteiger partial charge in [-0.2, -0.15) is 0 Å². The van der Waals surface area contributed by atoms with Crippen molar-refractivity contribution >= 4 is 40.6 Å². The second kappa shape index (κ2) is 10.1. The Morgan fingerprint density at radius 3 is 2.39 bits per heavy atom. The monoisotopic (exact) mass is 460 g/mol. The number of carbonyl (C=O) groups is 2. The summed E-state index contributed by atoms with van der Waals surface area (Å²) in [5.74, 6) is 0.674. The van der Waals surface area contributed by atoms with Crippen molar-refractivity contribution in [3.05, 3.63) is 88.8 Å². The number of nitrogens with one attached hydrogen (secondary N) is 1. The quantitative estimate of drug-likeness (QED) is 0.323. The van der Waals surface area contributed by atoms with Crippen molar-refractivity contribution in [2.24, 2.45) is 4.99 Å². The summed E-state index contributed by atoms with van der Waals surface area (Å²) in [6, 6.07) is 21.0. The second-order valence-corrected chi connectivity index (χ2v) is 7.88. The zero-order chi connectivity index (χ0) is 23.2. The minimum absolute atomic E-state index is 0.245. The maximum Gasteiger partial charge on any atom is 0.343 e. The fourth-order valence-corrected chi connectivity index (χ4v) is 3.84. The molecule has 0 saturated carbocycles. The number of aliphatic imine (C=N–C) groups is 1. The van der Waals surface area contributed by atoms with Gasteiger partial charge in [0.25, 0.3) is 5.91 Å². The topological polar surface area (TPSA) is 86.2 Å². The molecule has 0 spiro atoms. The van der Waals surface area contributed by atoms with Gasteiger partial charge in [-0.15, -0.1) is 0 Å². The number of esters is 1. The molecule has 0 bridgehead atoms. The van der Waals surface area contributed by atoms with Crippen molar-refractivity contribution in [1.82, 2.24) is 5.32 Å². The van der Waals surface area contributed by atoms with Crippen LogP contribution in [0.2, 0.25) is 0 Å². The van der Waals surface area contributed by atoms with Crippen molar-refractivity contribution in [2.75, 3.05) is 14.2 Å². The lowest BCUT2D eigenvalue weighted by Gasteiger charge is -2.10. The highest BCUT2D eigenvalue weighted by Gasteiger charge is 2.24. The molecule has 1 saturated heterocycles. The molecule has 0 unspecified atom stereocenters. The third-order valence-corrected chi connectivity index (χ3v) is 5.56. The Morgan fingerprint density at radius 2 is 1.70 bits per heavy atom. The van der Waals surface area contributed by atoms with Crippen molar-refractivity contribution in [3.63, 3.8) is 0 Å². The standard InChI is InChI=1S/C25H20N2O5S/c1-30-19-11-9-18(10-12-19)26-25-27-23(28)22(33-25)15-16-8-13-20(21(14-16)31-2)32-24(29)17-6-4-3-5-7-17/h3-15H,1-2H3,(H,26,27,28). The van der Waals surface area contributed by atoms with Gasteiger partial charge in [-0.05, 0) is 71.9 Å². The lowest BCUT2D eigenvalue weighted by Crippen LogP contribution is -2.19. The first kappa shape index (κ1) is 22.2. The van der Waals surface area contributed by atoms with Crippen LogP contribution >= 0.6 is 11.8 Å². The number of carbonyl (C=O) groups excluding carboxylic acids is 2. The van der Waals surface area contributed by atoms with Gasteiger partial charge in [0.05, 0.1) is 30.4 Å². The van der Waals surface area contributed by atoms with E-state index in [2.05, 4.69) is 10.3 Å². The zero-order valence-electron chi connectivity index (χ0n) is 17.9. The van der Waals surface area contributed by atoms with E-state index in [1.54, 1.807) is 79.9 Å². The molecule has 1 N–H and O–H groups in total. The number of ether oxygens (including phenoxy) is 3. The van der Waals surface area contributed by atoms with E-state index < -0.39 is 5.97 Å². The number of amidine groups is 1. The molecule has 7 nitrogen and oxygen atoms in total. The summed E-state index contributed by atoms with van der Waals surface area (Å²) in [5, 5.41) is 3.24. The zero-order valence-corrected chi connectivity index (χ0v) is 18.7. The number of rotatable bonds is 6. The fourth-order valence-electron chi connectivity index (χ4n) is 3.00. The molecule has 1 amide bonds. The maximum absolute atomic E-state index is 12.4. The number of amides is 1. The molecule has 3 aromatic rings. The predicted molar refractivity (Wildman–Crippen MR) is 128 cm³/mol. The Labute approximate surface area is 195 Å². The van der Waals surface area contributed by atoms with E-state index in [9.17, 15) is 9.59 Å². The molecule has 1 heterocycles. The lowest BCUT2D eigenvalue weighted by molar-refractivity contribution is -0.115. The molecule has 1 fully saturated rings. The first-order valence-corrected chi connectivity index (χ1v) is 10.8. The van der Waals surface area contributed by atoms with Crippen LogP contribution < -0.4 is 19.5 Å². The van der Waals surface area contributed by atoms with Gasteiger partial charge < -0.3 is 19.5 Å². The van der Waals surface area contributed by atoms with Crippen LogP contribution in [-0.4, -0.2) is 31.3 Å². The lowest BCUT2D eigenvalue weighted by atomic mass is 10.2. The molecule has 8 heteroatoms. The summed E-state index contributed by atoms with van der Waals surface area (Å²) in [6.07, 6.45) is 1.72. The van der Waals surface area contributed by atoms with Crippen molar-refractivity contribution in [2.45, 2.75) is 0 Å². The third-order valence-electron chi connectivity index (χ3n) is 4.65. The number of nitrogens with zero attached hydrogens (tertiary/aromatic N) is 1. The Kier molecular flexibility index (Phi) is 6.75. The Balaban J connectivity index is 1.50. The minimum Gasteiger partial charge on any atom is -0.497 e. The van der Waals surface area contributed by atoms with Crippen LogP contribution in [0, 0.1) is 0 Å². The van der Waals surface area contributed by atoms with E-state index in [-0.39, 0.29) is 5.91 Å². The highest BCUT2D eigenvalue weighted by molar-refractivity contribution is 8.18. The van der Waals surface area contributed by atoms with E-state index >= 15 is 0 Å². The van der Waals surface area contributed by atoms with Crippen LogP contribution in [0.4, 0.5) is 5.69 Å².